The number of halogens is 3. The second-order valence-electron chi connectivity index (χ2n) is 4.55. The van der Waals surface area contributed by atoms with Gasteiger partial charge < -0.3 is 0 Å². The van der Waals surface area contributed by atoms with Gasteiger partial charge in [0.2, 0.25) is 0 Å². The van der Waals surface area contributed by atoms with E-state index < -0.39 is 11.7 Å². The fraction of sp³-hybridized carbons (Fsp3) is 0.200. The SMILES string of the molecule is C/C(=N/Nc1ccc(C(F)(F)F)cn1)c1ccccc1C. The van der Waals surface area contributed by atoms with Crippen molar-refractivity contribution in [3.05, 3.63) is 59.3 Å². The molecule has 0 fully saturated rings. The van der Waals surface area contributed by atoms with Gasteiger partial charge in [0.15, 0.2) is 0 Å². The number of anilines is 1. The maximum absolute atomic E-state index is 12.4. The zero-order valence-corrected chi connectivity index (χ0v) is 11.6. The van der Waals surface area contributed by atoms with Crippen molar-refractivity contribution >= 4 is 11.5 Å². The van der Waals surface area contributed by atoms with Crippen molar-refractivity contribution in [1.82, 2.24) is 4.98 Å². The molecule has 0 aliphatic carbocycles. The summed E-state index contributed by atoms with van der Waals surface area (Å²) in [6.45, 7) is 3.78. The lowest BCUT2D eigenvalue weighted by Crippen LogP contribution is -2.06. The first-order chi connectivity index (χ1) is 9.88. The van der Waals surface area contributed by atoms with Crippen molar-refractivity contribution in [1.29, 1.82) is 0 Å². The van der Waals surface area contributed by atoms with E-state index in [1.54, 1.807) is 0 Å². The largest absolute Gasteiger partial charge is 0.417 e. The molecule has 21 heavy (non-hydrogen) atoms. The first kappa shape index (κ1) is 15.0. The first-order valence-electron chi connectivity index (χ1n) is 6.27. The van der Waals surface area contributed by atoms with Gasteiger partial charge in [0.1, 0.15) is 5.82 Å². The average molecular weight is 293 g/mol. The molecule has 2 aromatic rings. The van der Waals surface area contributed by atoms with Crippen LogP contribution in [0.15, 0.2) is 47.7 Å². The highest BCUT2D eigenvalue weighted by molar-refractivity contribution is 6.00. The maximum Gasteiger partial charge on any atom is 0.417 e. The summed E-state index contributed by atoms with van der Waals surface area (Å²) in [5.74, 6) is 0.260. The molecule has 0 bridgehead atoms. The second-order valence-corrected chi connectivity index (χ2v) is 4.55. The van der Waals surface area contributed by atoms with Crippen LogP contribution in [0.5, 0.6) is 0 Å². The molecule has 0 saturated heterocycles. The topological polar surface area (TPSA) is 37.3 Å². The van der Waals surface area contributed by atoms with Gasteiger partial charge in [-0.3, -0.25) is 5.43 Å². The molecule has 1 aromatic carbocycles. The maximum atomic E-state index is 12.4. The molecule has 110 valence electrons. The van der Waals surface area contributed by atoms with Gasteiger partial charge in [-0.25, -0.2) is 4.98 Å². The summed E-state index contributed by atoms with van der Waals surface area (Å²) >= 11 is 0. The number of benzene rings is 1. The van der Waals surface area contributed by atoms with E-state index in [2.05, 4.69) is 15.5 Å². The number of hydrogen-bond acceptors (Lipinski definition) is 3. The third kappa shape index (κ3) is 3.81. The minimum atomic E-state index is -4.38. The van der Waals surface area contributed by atoms with Crippen LogP contribution >= 0.6 is 0 Å². The normalized spacial score (nSPS) is 12.3. The Morgan fingerprint density at radius 3 is 2.43 bits per heavy atom. The number of hydrogen-bond donors (Lipinski definition) is 1. The minimum Gasteiger partial charge on any atom is -0.261 e. The number of alkyl halides is 3. The number of nitrogens with zero attached hydrogens (tertiary/aromatic N) is 2. The van der Waals surface area contributed by atoms with Crippen LogP contribution in [-0.2, 0) is 6.18 Å². The molecule has 3 nitrogen and oxygen atoms in total. The van der Waals surface area contributed by atoms with Gasteiger partial charge in [-0.05, 0) is 31.5 Å². The monoisotopic (exact) mass is 293 g/mol. The second kappa shape index (κ2) is 5.95. The molecule has 1 aromatic heterocycles. The molecule has 0 aliphatic rings. The van der Waals surface area contributed by atoms with E-state index in [-0.39, 0.29) is 5.82 Å². The molecule has 6 heteroatoms. The predicted molar refractivity (Wildman–Crippen MR) is 76.3 cm³/mol. The Hall–Kier alpha value is -2.37. The van der Waals surface area contributed by atoms with E-state index in [0.29, 0.717) is 0 Å². The predicted octanol–water partition coefficient (Wildman–Crippen LogP) is 4.24. The number of aryl methyl sites for hydroxylation is 1. The summed E-state index contributed by atoms with van der Waals surface area (Å²) in [6.07, 6.45) is -3.60. The molecule has 1 heterocycles. The van der Waals surface area contributed by atoms with Crippen LogP contribution in [0.4, 0.5) is 19.0 Å². The van der Waals surface area contributed by atoms with Crippen molar-refractivity contribution in [3.63, 3.8) is 0 Å². The number of rotatable bonds is 3. The van der Waals surface area contributed by atoms with Crippen molar-refractivity contribution in [3.8, 4) is 0 Å². The Labute approximate surface area is 120 Å². The Morgan fingerprint density at radius 2 is 1.86 bits per heavy atom. The Balaban J connectivity index is 2.12. The third-order valence-electron chi connectivity index (χ3n) is 2.96. The Bertz CT molecular complexity index is 646. The Morgan fingerprint density at radius 1 is 1.14 bits per heavy atom. The molecule has 0 aliphatic heterocycles. The third-order valence-corrected chi connectivity index (χ3v) is 2.96. The van der Waals surface area contributed by atoms with E-state index in [1.807, 2.05) is 38.1 Å². The Kier molecular flexibility index (Phi) is 4.26. The average Bonchev–Trinajstić information content (AvgIpc) is 2.45. The fourth-order valence-electron chi connectivity index (χ4n) is 1.81. The molecule has 0 spiro atoms. The van der Waals surface area contributed by atoms with E-state index in [1.165, 1.54) is 6.07 Å². The quantitative estimate of drug-likeness (QED) is 0.678. The van der Waals surface area contributed by atoms with E-state index in [9.17, 15) is 13.2 Å². The first-order valence-corrected chi connectivity index (χ1v) is 6.27. The lowest BCUT2D eigenvalue weighted by atomic mass is 10.1. The van der Waals surface area contributed by atoms with Gasteiger partial charge in [-0.15, -0.1) is 0 Å². The van der Waals surface area contributed by atoms with Gasteiger partial charge in [0.25, 0.3) is 0 Å². The highest BCUT2D eigenvalue weighted by atomic mass is 19.4. The van der Waals surface area contributed by atoms with Crippen LogP contribution < -0.4 is 5.43 Å². The van der Waals surface area contributed by atoms with Crippen LogP contribution in [0.1, 0.15) is 23.6 Å². The van der Waals surface area contributed by atoms with Crippen LogP contribution in [0, 0.1) is 6.92 Å². The van der Waals surface area contributed by atoms with Crippen LogP contribution in [0.2, 0.25) is 0 Å². The van der Waals surface area contributed by atoms with Gasteiger partial charge >= 0.3 is 6.18 Å². The lowest BCUT2D eigenvalue weighted by Gasteiger charge is -2.08. The van der Waals surface area contributed by atoms with Gasteiger partial charge in [-0.1, -0.05) is 24.3 Å². The molecule has 1 N–H and O–H groups in total. The highest BCUT2D eigenvalue weighted by Crippen LogP contribution is 2.28. The number of pyridine rings is 1. The van der Waals surface area contributed by atoms with Crippen molar-refractivity contribution in [2.45, 2.75) is 20.0 Å². The van der Waals surface area contributed by atoms with E-state index in [0.717, 1.165) is 29.1 Å². The van der Waals surface area contributed by atoms with Gasteiger partial charge in [0, 0.05) is 11.8 Å². The molecular formula is C15H14F3N3. The van der Waals surface area contributed by atoms with Gasteiger partial charge in [0.05, 0.1) is 11.3 Å². The standard InChI is InChI=1S/C15H14F3N3/c1-10-5-3-4-6-13(10)11(2)20-21-14-8-7-12(9-19-14)15(16,17)18/h3-9H,1-2H3,(H,19,21)/b20-11-. The van der Waals surface area contributed by atoms with Crippen LogP contribution in [0.25, 0.3) is 0 Å². The van der Waals surface area contributed by atoms with Crippen molar-refractivity contribution in [2.24, 2.45) is 5.10 Å². The minimum absolute atomic E-state index is 0.260. The lowest BCUT2D eigenvalue weighted by molar-refractivity contribution is -0.137. The molecule has 0 atom stereocenters. The zero-order valence-electron chi connectivity index (χ0n) is 11.6. The molecule has 0 radical (unpaired) electrons. The highest BCUT2D eigenvalue weighted by Gasteiger charge is 2.30. The molecule has 0 amide bonds. The summed E-state index contributed by atoms with van der Waals surface area (Å²) in [4.78, 5) is 3.70. The molecular weight excluding hydrogens is 279 g/mol. The van der Waals surface area contributed by atoms with Crippen molar-refractivity contribution in [2.75, 3.05) is 5.43 Å². The summed E-state index contributed by atoms with van der Waals surface area (Å²) in [6, 6.07) is 9.93. The summed E-state index contributed by atoms with van der Waals surface area (Å²) in [5, 5.41) is 4.14. The zero-order chi connectivity index (χ0) is 15.5. The molecule has 0 saturated carbocycles. The fourth-order valence-corrected chi connectivity index (χ4v) is 1.81. The summed E-state index contributed by atoms with van der Waals surface area (Å²) < 4.78 is 37.2. The number of nitrogens with one attached hydrogen (secondary N) is 1. The van der Waals surface area contributed by atoms with Gasteiger partial charge in [-0.2, -0.15) is 18.3 Å². The number of hydrazone groups is 1. The molecule has 2 rings (SSSR count). The summed E-state index contributed by atoms with van der Waals surface area (Å²) in [5.41, 5.74) is 4.64. The van der Waals surface area contributed by atoms with Crippen LogP contribution in [-0.4, -0.2) is 10.7 Å². The molecule has 0 unspecified atom stereocenters. The van der Waals surface area contributed by atoms with E-state index in [4.69, 9.17) is 0 Å². The summed E-state index contributed by atoms with van der Waals surface area (Å²) in [7, 11) is 0. The smallest absolute Gasteiger partial charge is 0.261 e. The number of aromatic nitrogens is 1. The van der Waals surface area contributed by atoms with Crippen LogP contribution in [0.3, 0.4) is 0 Å². The van der Waals surface area contributed by atoms with Crippen molar-refractivity contribution < 1.29 is 13.2 Å². The van der Waals surface area contributed by atoms with E-state index >= 15 is 0 Å².